The highest BCUT2D eigenvalue weighted by Crippen LogP contribution is 2.39. The van der Waals surface area contributed by atoms with Crippen LogP contribution < -0.4 is 16.8 Å². The Hall–Kier alpha value is -3.48. The van der Waals surface area contributed by atoms with Crippen LogP contribution in [0.4, 0.5) is 11.5 Å². The number of rotatable bonds is 8. The summed E-state index contributed by atoms with van der Waals surface area (Å²) in [6.45, 7) is 1.80. The van der Waals surface area contributed by atoms with Crippen molar-refractivity contribution in [2.45, 2.75) is 20.1 Å². The molecule has 0 aliphatic heterocycles. The summed E-state index contributed by atoms with van der Waals surface area (Å²) >= 11 is 6.45. The molecule has 13 nitrogen and oxygen atoms in total. The van der Waals surface area contributed by atoms with E-state index in [1.54, 1.807) is 25.4 Å². The van der Waals surface area contributed by atoms with E-state index in [4.69, 9.17) is 37.4 Å². The van der Waals surface area contributed by atoms with Crippen LogP contribution in [-0.4, -0.2) is 42.2 Å². The number of amides is 1. The second-order valence-electron chi connectivity index (χ2n) is 7.50. The number of nitrogens with zero attached hydrogens (tertiary/aromatic N) is 4. The van der Waals surface area contributed by atoms with Crippen LogP contribution in [0.3, 0.4) is 0 Å². The number of aromatic nitrogens is 4. The maximum atomic E-state index is 12.4. The van der Waals surface area contributed by atoms with Crippen molar-refractivity contribution in [2.24, 2.45) is 0 Å². The second-order valence-corrected chi connectivity index (χ2v) is 9.14. The van der Waals surface area contributed by atoms with E-state index in [2.05, 4.69) is 25.1 Å². The van der Waals surface area contributed by atoms with Crippen molar-refractivity contribution >= 4 is 47.8 Å². The summed E-state index contributed by atoms with van der Waals surface area (Å²) in [4.78, 5) is 34.6. The van der Waals surface area contributed by atoms with Gasteiger partial charge in [0.25, 0.3) is 5.91 Å². The zero-order valence-electron chi connectivity index (χ0n) is 18.3. The fourth-order valence-electron chi connectivity index (χ4n) is 3.49. The van der Waals surface area contributed by atoms with Gasteiger partial charge in [-0.2, -0.15) is 5.10 Å². The average molecular weight is 522 g/mol. The smallest absolute Gasteiger partial charge is 0.398 e. The maximum absolute atomic E-state index is 12.4. The predicted octanol–water partition coefficient (Wildman–Crippen LogP) is 2.31. The molecule has 0 spiro atoms. The Labute approximate surface area is 203 Å². The molecular formula is C20H21ClN7O6P. The van der Waals surface area contributed by atoms with E-state index in [1.807, 2.05) is 0 Å². The lowest BCUT2D eigenvalue weighted by molar-refractivity contribution is 0.0956. The summed E-state index contributed by atoms with van der Waals surface area (Å²) in [7, 11) is -4.63. The van der Waals surface area contributed by atoms with Gasteiger partial charge in [-0.1, -0.05) is 16.8 Å². The number of carbonyl (C=O) groups is 1. The van der Waals surface area contributed by atoms with E-state index in [9.17, 15) is 9.36 Å². The maximum Gasteiger partial charge on any atom is 0.471 e. The van der Waals surface area contributed by atoms with Gasteiger partial charge in [-0.05, 0) is 24.6 Å². The lowest BCUT2D eigenvalue weighted by Crippen LogP contribution is -2.23. The van der Waals surface area contributed by atoms with Crippen LogP contribution in [0.5, 0.6) is 0 Å². The van der Waals surface area contributed by atoms with Crippen LogP contribution in [-0.2, 0) is 22.2 Å². The number of hydrogen-bond donors (Lipinski definition) is 5. The second kappa shape index (κ2) is 9.64. The first kappa shape index (κ1) is 24.6. The minimum atomic E-state index is -4.63. The summed E-state index contributed by atoms with van der Waals surface area (Å²) in [5.74, 6) is -0.267. The van der Waals surface area contributed by atoms with Crippen molar-refractivity contribution in [2.75, 3.05) is 18.0 Å². The third kappa shape index (κ3) is 5.29. The molecule has 7 N–H and O–H groups in total. The molecule has 0 fully saturated rings. The minimum absolute atomic E-state index is 0.0857. The molecule has 4 aromatic rings. The number of anilines is 2. The Morgan fingerprint density at radius 1 is 1.31 bits per heavy atom. The molecule has 184 valence electrons. The summed E-state index contributed by atoms with van der Waals surface area (Å²) < 4.78 is 22.0. The van der Waals surface area contributed by atoms with Crippen molar-refractivity contribution in [3.63, 3.8) is 0 Å². The van der Waals surface area contributed by atoms with Gasteiger partial charge < -0.3 is 31.1 Å². The minimum Gasteiger partial charge on any atom is -0.398 e. The van der Waals surface area contributed by atoms with Gasteiger partial charge >= 0.3 is 7.82 Å². The van der Waals surface area contributed by atoms with Crippen molar-refractivity contribution in [1.29, 1.82) is 0 Å². The average Bonchev–Trinajstić information content (AvgIpc) is 3.40. The highest BCUT2D eigenvalue weighted by molar-refractivity contribution is 7.46. The zero-order valence-corrected chi connectivity index (χ0v) is 20.0. The number of hydrogen-bond acceptors (Lipinski definition) is 9. The number of pyridine rings is 1. The molecule has 0 bridgehead atoms. The lowest BCUT2D eigenvalue weighted by atomic mass is 10.0. The monoisotopic (exact) mass is 521 g/mol. The number of halogens is 1. The van der Waals surface area contributed by atoms with Gasteiger partial charge in [0, 0.05) is 42.2 Å². The highest BCUT2D eigenvalue weighted by atomic mass is 35.5. The number of nitrogens with two attached hydrogens (primary N) is 2. The molecule has 3 heterocycles. The first-order chi connectivity index (χ1) is 16.6. The molecule has 15 heteroatoms. The van der Waals surface area contributed by atoms with Crippen molar-refractivity contribution in [3.8, 4) is 11.3 Å². The van der Waals surface area contributed by atoms with Gasteiger partial charge in [0.2, 0.25) is 0 Å². The molecule has 1 aromatic carbocycles. The Bertz CT molecular complexity index is 1460. The molecule has 0 radical (unpaired) electrons. The lowest BCUT2D eigenvalue weighted by Gasteiger charge is -2.12. The van der Waals surface area contributed by atoms with Crippen LogP contribution in [0.2, 0.25) is 5.02 Å². The number of phosphoric acid groups is 1. The van der Waals surface area contributed by atoms with Gasteiger partial charge in [-0.15, -0.1) is 0 Å². The molecule has 35 heavy (non-hydrogen) atoms. The third-order valence-electron chi connectivity index (χ3n) is 5.01. The molecule has 0 saturated carbocycles. The summed E-state index contributed by atoms with van der Waals surface area (Å²) in [6.07, 6.45) is 4.93. The Morgan fingerprint density at radius 3 is 2.80 bits per heavy atom. The number of benzene rings is 1. The fourth-order valence-corrected chi connectivity index (χ4v) is 4.02. The number of carbonyl (C=O) groups excluding carboxylic acids is 1. The van der Waals surface area contributed by atoms with Crippen molar-refractivity contribution < 1.29 is 28.2 Å². The topological polar surface area (TPSA) is 205 Å². The van der Waals surface area contributed by atoms with Crippen LogP contribution in [0, 0.1) is 0 Å². The third-order valence-corrected chi connectivity index (χ3v) is 5.78. The van der Waals surface area contributed by atoms with Crippen LogP contribution in [0.1, 0.15) is 28.4 Å². The molecule has 0 saturated heterocycles. The fraction of sp³-hybridized carbons (Fsp3) is 0.200. The predicted molar refractivity (Wildman–Crippen MR) is 127 cm³/mol. The van der Waals surface area contributed by atoms with Gasteiger partial charge in [-0.3, -0.25) is 14.3 Å². The van der Waals surface area contributed by atoms with E-state index in [0.717, 1.165) is 0 Å². The molecule has 4 rings (SSSR count). The quantitative estimate of drug-likeness (QED) is 0.168. The summed E-state index contributed by atoms with van der Waals surface area (Å²) in [5, 5.41) is 11.3. The van der Waals surface area contributed by atoms with Gasteiger partial charge in [0.15, 0.2) is 18.1 Å². The number of fused-ring (bicyclic) bond motifs is 1. The molecule has 0 aliphatic carbocycles. The molecule has 0 atom stereocenters. The number of nitrogen functional groups attached to an aromatic ring is 2. The van der Waals surface area contributed by atoms with Crippen LogP contribution in [0.15, 0.2) is 35.2 Å². The van der Waals surface area contributed by atoms with E-state index in [1.165, 1.54) is 16.9 Å². The van der Waals surface area contributed by atoms with Crippen LogP contribution >= 0.6 is 19.4 Å². The largest absolute Gasteiger partial charge is 0.471 e. The standard InChI is InChI=1S/C20H21ClN7O6P/c1-2-24-20(29)13-4-12(14(21)5-15(13)22)17-16-18(34-27-19(16)23)11(7-25-17)3-10-6-26-28(8-10)9-33-35(30,31)32/h4-8H,2-3,9,22H2,1H3,(H2,23,27)(H,24,29)(H2,30,31,32). The first-order valence-corrected chi connectivity index (χ1v) is 12.1. The molecular weight excluding hydrogens is 501 g/mol. The van der Waals surface area contributed by atoms with Crippen LogP contribution in [0.25, 0.3) is 22.2 Å². The zero-order chi connectivity index (χ0) is 25.3. The normalized spacial score (nSPS) is 11.8. The Balaban J connectivity index is 1.71. The number of nitrogens with one attached hydrogen (secondary N) is 1. The Kier molecular flexibility index (Phi) is 6.79. The SMILES string of the molecule is CCNC(=O)c1cc(-c2ncc(Cc3cnn(COP(=O)(O)O)c3)c3onc(N)c23)c(Cl)cc1N. The van der Waals surface area contributed by atoms with Gasteiger partial charge in [0.05, 0.1) is 27.9 Å². The van der Waals surface area contributed by atoms with E-state index >= 15 is 0 Å². The van der Waals surface area contributed by atoms with Gasteiger partial charge in [0.1, 0.15) is 0 Å². The summed E-state index contributed by atoms with van der Waals surface area (Å²) in [5.41, 5.74) is 15.0. The molecule has 3 aromatic heterocycles. The Morgan fingerprint density at radius 2 is 2.09 bits per heavy atom. The highest BCUT2D eigenvalue weighted by Gasteiger charge is 2.22. The van der Waals surface area contributed by atoms with E-state index in [-0.39, 0.29) is 28.0 Å². The van der Waals surface area contributed by atoms with Gasteiger partial charge in [-0.25, -0.2) is 9.25 Å². The van der Waals surface area contributed by atoms with E-state index in [0.29, 0.717) is 46.3 Å². The first-order valence-electron chi connectivity index (χ1n) is 10.2. The molecule has 0 aliphatic rings. The molecule has 0 unspecified atom stereocenters. The van der Waals surface area contributed by atoms with Crippen molar-refractivity contribution in [3.05, 3.63) is 52.4 Å². The van der Waals surface area contributed by atoms with Crippen molar-refractivity contribution in [1.82, 2.24) is 25.2 Å². The number of phosphoric ester groups is 1. The molecule has 1 amide bonds. The van der Waals surface area contributed by atoms with E-state index < -0.39 is 14.6 Å². The summed E-state index contributed by atoms with van der Waals surface area (Å²) in [6, 6.07) is 3.02.